The third-order valence-corrected chi connectivity index (χ3v) is 4.23. The maximum atomic E-state index is 5.81. The van der Waals surface area contributed by atoms with Crippen LogP contribution >= 0.6 is 0 Å². The predicted molar refractivity (Wildman–Crippen MR) is 79.1 cm³/mol. The molecule has 1 aromatic carbocycles. The van der Waals surface area contributed by atoms with Crippen molar-refractivity contribution < 1.29 is 4.74 Å². The lowest BCUT2D eigenvalue weighted by molar-refractivity contribution is 0.119. The molecule has 3 heteroatoms. The van der Waals surface area contributed by atoms with Crippen LogP contribution in [0.4, 0.5) is 0 Å². The molecule has 3 unspecified atom stereocenters. The summed E-state index contributed by atoms with van der Waals surface area (Å²) in [5.74, 6) is 0.636. The van der Waals surface area contributed by atoms with Crippen molar-refractivity contribution >= 4 is 0 Å². The van der Waals surface area contributed by atoms with Gasteiger partial charge in [0.2, 0.25) is 0 Å². The molecule has 3 nitrogen and oxygen atoms in total. The minimum atomic E-state index is 0.272. The Morgan fingerprint density at radius 3 is 2.89 bits per heavy atom. The maximum Gasteiger partial charge on any atom is 0.0583 e. The van der Waals surface area contributed by atoms with E-state index in [1.54, 1.807) is 7.11 Å². The topological polar surface area (TPSA) is 38.5 Å². The van der Waals surface area contributed by atoms with Crippen LogP contribution in [-0.4, -0.2) is 38.3 Å². The average molecular weight is 262 g/mol. The van der Waals surface area contributed by atoms with Gasteiger partial charge >= 0.3 is 0 Å². The molecule has 1 fully saturated rings. The number of benzene rings is 1. The molecule has 2 N–H and O–H groups in total. The Hall–Kier alpha value is -0.900. The molecule has 1 heterocycles. The van der Waals surface area contributed by atoms with Crippen LogP contribution in [0, 0.1) is 5.92 Å². The fourth-order valence-corrected chi connectivity index (χ4v) is 3.01. The van der Waals surface area contributed by atoms with Crippen LogP contribution in [0.15, 0.2) is 24.3 Å². The lowest BCUT2D eigenvalue weighted by Crippen LogP contribution is -2.20. The van der Waals surface area contributed by atoms with Crippen LogP contribution in [0.3, 0.4) is 0 Å². The SMILES string of the molecule is COC(C)Cc1cccc(C2CC(CN)CN2C)c1. The van der Waals surface area contributed by atoms with Crippen LogP contribution in [0.2, 0.25) is 0 Å². The van der Waals surface area contributed by atoms with Gasteiger partial charge in [-0.05, 0) is 50.4 Å². The third kappa shape index (κ3) is 3.56. The smallest absolute Gasteiger partial charge is 0.0583 e. The molecule has 0 aromatic heterocycles. The minimum absolute atomic E-state index is 0.272. The number of hydrogen-bond donors (Lipinski definition) is 1. The Morgan fingerprint density at radius 2 is 2.26 bits per heavy atom. The van der Waals surface area contributed by atoms with E-state index in [0.717, 1.165) is 19.5 Å². The summed E-state index contributed by atoms with van der Waals surface area (Å²) in [5.41, 5.74) is 8.58. The number of ether oxygens (including phenoxy) is 1. The van der Waals surface area contributed by atoms with Gasteiger partial charge in [-0.25, -0.2) is 0 Å². The molecule has 0 aliphatic carbocycles. The van der Waals surface area contributed by atoms with E-state index in [1.165, 1.54) is 17.5 Å². The lowest BCUT2D eigenvalue weighted by atomic mass is 9.97. The summed E-state index contributed by atoms with van der Waals surface area (Å²) in [4.78, 5) is 2.43. The molecule has 19 heavy (non-hydrogen) atoms. The van der Waals surface area contributed by atoms with Gasteiger partial charge < -0.3 is 10.5 Å². The molecule has 0 saturated carbocycles. The second-order valence-electron chi connectivity index (χ2n) is 5.79. The second kappa shape index (κ2) is 6.51. The summed E-state index contributed by atoms with van der Waals surface area (Å²) in [5, 5.41) is 0. The average Bonchev–Trinajstić information content (AvgIpc) is 2.80. The number of nitrogens with two attached hydrogens (primary N) is 1. The Balaban J connectivity index is 2.10. The fourth-order valence-electron chi connectivity index (χ4n) is 3.01. The first-order chi connectivity index (χ1) is 9.13. The van der Waals surface area contributed by atoms with Crippen molar-refractivity contribution in [3.63, 3.8) is 0 Å². The van der Waals surface area contributed by atoms with Gasteiger partial charge in [0.25, 0.3) is 0 Å². The van der Waals surface area contributed by atoms with E-state index >= 15 is 0 Å². The summed E-state index contributed by atoms with van der Waals surface area (Å²) in [6.45, 7) is 4.01. The van der Waals surface area contributed by atoms with E-state index in [-0.39, 0.29) is 6.10 Å². The molecule has 0 amide bonds. The van der Waals surface area contributed by atoms with Crippen LogP contribution < -0.4 is 5.73 Å². The first kappa shape index (κ1) is 14.5. The van der Waals surface area contributed by atoms with E-state index in [0.29, 0.717) is 12.0 Å². The number of likely N-dealkylation sites (tertiary alicyclic amines) is 1. The zero-order valence-electron chi connectivity index (χ0n) is 12.3. The van der Waals surface area contributed by atoms with Crippen LogP contribution in [0.1, 0.15) is 30.5 Å². The van der Waals surface area contributed by atoms with E-state index in [4.69, 9.17) is 10.5 Å². The fraction of sp³-hybridized carbons (Fsp3) is 0.625. The Morgan fingerprint density at radius 1 is 1.47 bits per heavy atom. The number of rotatable bonds is 5. The van der Waals surface area contributed by atoms with E-state index in [2.05, 4.69) is 43.1 Å². The molecule has 0 spiro atoms. The first-order valence-corrected chi connectivity index (χ1v) is 7.16. The lowest BCUT2D eigenvalue weighted by Gasteiger charge is -2.20. The Labute approximate surface area is 116 Å². The van der Waals surface area contributed by atoms with E-state index < -0.39 is 0 Å². The van der Waals surface area contributed by atoms with Crippen LogP contribution in [0.5, 0.6) is 0 Å². The van der Waals surface area contributed by atoms with Gasteiger partial charge in [-0.15, -0.1) is 0 Å². The summed E-state index contributed by atoms with van der Waals surface area (Å²) >= 11 is 0. The highest BCUT2D eigenvalue weighted by molar-refractivity contribution is 5.27. The van der Waals surface area contributed by atoms with Crippen molar-refractivity contribution in [2.24, 2.45) is 11.7 Å². The molecule has 0 radical (unpaired) electrons. The third-order valence-electron chi connectivity index (χ3n) is 4.23. The zero-order chi connectivity index (χ0) is 13.8. The van der Waals surface area contributed by atoms with Crippen molar-refractivity contribution in [2.45, 2.75) is 31.9 Å². The molecule has 3 atom stereocenters. The zero-order valence-corrected chi connectivity index (χ0v) is 12.3. The highest BCUT2D eigenvalue weighted by Crippen LogP contribution is 2.33. The second-order valence-corrected chi connectivity index (χ2v) is 5.79. The van der Waals surface area contributed by atoms with Crippen LogP contribution in [0.25, 0.3) is 0 Å². The van der Waals surface area contributed by atoms with Crippen molar-refractivity contribution in [1.82, 2.24) is 4.90 Å². The molecule has 2 rings (SSSR count). The van der Waals surface area contributed by atoms with Gasteiger partial charge in [-0.3, -0.25) is 4.90 Å². The standard InChI is InChI=1S/C16H26N2O/c1-12(19-3)7-13-5-4-6-15(8-13)16-9-14(10-17)11-18(16)2/h4-6,8,12,14,16H,7,9-11,17H2,1-3H3. The largest absolute Gasteiger partial charge is 0.381 e. The minimum Gasteiger partial charge on any atom is -0.381 e. The summed E-state index contributed by atoms with van der Waals surface area (Å²) in [6.07, 6.45) is 2.42. The Bertz CT molecular complexity index is 407. The van der Waals surface area contributed by atoms with Gasteiger partial charge in [-0.1, -0.05) is 24.3 Å². The molecule has 1 saturated heterocycles. The highest BCUT2D eigenvalue weighted by Gasteiger charge is 2.29. The van der Waals surface area contributed by atoms with Gasteiger partial charge in [-0.2, -0.15) is 0 Å². The quantitative estimate of drug-likeness (QED) is 0.884. The highest BCUT2D eigenvalue weighted by atomic mass is 16.5. The van der Waals surface area contributed by atoms with Gasteiger partial charge in [0.1, 0.15) is 0 Å². The van der Waals surface area contributed by atoms with Crippen molar-refractivity contribution in [3.05, 3.63) is 35.4 Å². The number of nitrogens with zero attached hydrogens (tertiary/aromatic N) is 1. The molecule has 1 aromatic rings. The van der Waals surface area contributed by atoms with Crippen molar-refractivity contribution in [3.8, 4) is 0 Å². The van der Waals surface area contributed by atoms with Gasteiger partial charge in [0.15, 0.2) is 0 Å². The normalized spacial score (nSPS) is 25.7. The van der Waals surface area contributed by atoms with E-state index in [9.17, 15) is 0 Å². The summed E-state index contributed by atoms with van der Waals surface area (Å²) in [7, 11) is 3.97. The first-order valence-electron chi connectivity index (χ1n) is 7.16. The summed E-state index contributed by atoms with van der Waals surface area (Å²) in [6, 6.07) is 9.44. The maximum absolute atomic E-state index is 5.81. The predicted octanol–water partition coefficient (Wildman–Crippen LogP) is 2.22. The Kier molecular flexibility index (Phi) is 4.97. The number of methoxy groups -OCH3 is 1. The molecule has 0 bridgehead atoms. The molecular weight excluding hydrogens is 236 g/mol. The summed E-state index contributed by atoms with van der Waals surface area (Å²) < 4.78 is 5.35. The molecule has 1 aliphatic rings. The van der Waals surface area contributed by atoms with Gasteiger partial charge in [0, 0.05) is 19.7 Å². The van der Waals surface area contributed by atoms with E-state index in [1.807, 2.05) is 0 Å². The van der Waals surface area contributed by atoms with Gasteiger partial charge in [0.05, 0.1) is 6.10 Å². The molecule has 106 valence electrons. The van der Waals surface area contributed by atoms with Crippen molar-refractivity contribution in [1.29, 1.82) is 0 Å². The number of hydrogen-bond acceptors (Lipinski definition) is 3. The monoisotopic (exact) mass is 262 g/mol. The molecule has 1 aliphatic heterocycles. The van der Waals surface area contributed by atoms with Crippen molar-refractivity contribution in [2.75, 3.05) is 27.2 Å². The molecular formula is C16H26N2O. The van der Waals surface area contributed by atoms with Crippen LogP contribution in [-0.2, 0) is 11.2 Å².